The smallest absolute Gasteiger partial charge is 0.481 e. The number of hydrogen-bond donors (Lipinski definition) is 2. The summed E-state index contributed by atoms with van der Waals surface area (Å²) in [7, 11) is 0. The van der Waals surface area contributed by atoms with Crippen LogP contribution in [-0.4, -0.2) is 35.3 Å². The summed E-state index contributed by atoms with van der Waals surface area (Å²) in [5, 5.41) is 12.5. The highest BCUT2D eigenvalue weighted by Crippen LogP contribution is 2.34. The molecule has 0 radical (unpaired) electrons. The molecule has 2 N–H and O–H groups in total. The Hall–Kier alpha value is -3.01. The zero-order valence-electron chi connectivity index (χ0n) is 21.7. The quantitative estimate of drug-likeness (QED) is 0.288. The molecule has 0 aromatic heterocycles. The predicted octanol–water partition coefficient (Wildman–Crippen LogP) is 5.94. The molecule has 1 aliphatic rings. The highest BCUT2D eigenvalue weighted by atomic mass is 19.4. The van der Waals surface area contributed by atoms with Gasteiger partial charge < -0.3 is 15.2 Å². The summed E-state index contributed by atoms with van der Waals surface area (Å²) in [4.78, 5) is 23.2. The molecule has 1 aliphatic carbocycles. The van der Waals surface area contributed by atoms with Crippen LogP contribution in [0.5, 0.6) is 0 Å². The van der Waals surface area contributed by atoms with Gasteiger partial charge in [-0.2, -0.15) is 13.2 Å². The first kappa shape index (κ1) is 29.5. The van der Waals surface area contributed by atoms with Crippen molar-refractivity contribution in [1.29, 1.82) is 0 Å². The summed E-state index contributed by atoms with van der Waals surface area (Å²) >= 11 is 0. The Kier molecular flexibility index (Phi) is 8.55. The lowest BCUT2D eigenvalue weighted by molar-refractivity contribution is -0.205. The first-order valence-electron chi connectivity index (χ1n) is 12.3. The van der Waals surface area contributed by atoms with E-state index < -0.39 is 58.9 Å². The van der Waals surface area contributed by atoms with Crippen molar-refractivity contribution in [2.24, 2.45) is 11.3 Å². The number of halogens is 5. The minimum atomic E-state index is -5.35. The lowest BCUT2D eigenvalue weighted by atomic mass is 9.85. The van der Waals surface area contributed by atoms with Crippen molar-refractivity contribution in [3.8, 4) is 0 Å². The number of ether oxygens (including phenoxy) is 1. The zero-order valence-corrected chi connectivity index (χ0v) is 21.7. The molecule has 3 rings (SSSR count). The highest BCUT2D eigenvalue weighted by molar-refractivity contribution is 5.76. The van der Waals surface area contributed by atoms with Crippen LogP contribution in [0.2, 0.25) is 0 Å². The molecule has 1 atom stereocenters. The molecule has 0 saturated carbocycles. The van der Waals surface area contributed by atoms with Gasteiger partial charge in [0.1, 0.15) is 6.10 Å². The number of fused-ring (bicyclic) bond motifs is 1. The molecular weight excluding hydrogens is 509 g/mol. The minimum absolute atomic E-state index is 0.0438. The maximum Gasteiger partial charge on any atom is 0.490 e. The summed E-state index contributed by atoms with van der Waals surface area (Å²) in [6, 6.07) is 9.88. The number of carboxylic acids is 1. The van der Waals surface area contributed by atoms with Gasteiger partial charge in [-0.1, -0.05) is 24.3 Å². The van der Waals surface area contributed by atoms with Crippen LogP contribution in [0.4, 0.5) is 22.0 Å². The summed E-state index contributed by atoms with van der Waals surface area (Å²) in [5.74, 6) is -6.31. The number of carbonyl (C=O) groups is 2. The third-order valence-electron chi connectivity index (χ3n) is 6.87. The Labute approximate surface area is 218 Å². The standard InChI is InChI=1S/C28H32F5NO4/c1-26(2,24(35)36)13-17-11-20(23(30)21(29)12-17)22(38-25(37)28(31,32)33)15-34-27(3,4)14-16-9-18-7-5-6-8-19(18)10-16/h5-8,11-12,16,22,34H,9-10,13-15H2,1-4H3,(H,35,36)/t22-/m1/s1. The van der Waals surface area contributed by atoms with E-state index in [-0.39, 0.29) is 17.9 Å². The Morgan fingerprint density at radius 3 is 2.16 bits per heavy atom. The van der Waals surface area contributed by atoms with Crippen LogP contribution in [0.1, 0.15) is 62.5 Å². The summed E-state index contributed by atoms with van der Waals surface area (Å²) in [5.41, 5.74) is -0.0858. The first-order valence-corrected chi connectivity index (χ1v) is 12.3. The van der Waals surface area contributed by atoms with E-state index in [0.29, 0.717) is 6.42 Å². The van der Waals surface area contributed by atoms with Gasteiger partial charge in [0, 0.05) is 17.6 Å². The fourth-order valence-electron chi connectivity index (χ4n) is 4.96. The number of esters is 1. The van der Waals surface area contributed by atoms with E-state index in [1.165, 1.54) is 25.0 Å². The van der Waals surface area contributed by atoms with Crippen LogP contribution in [0.15, 0.2) is 36.4 Å². The molecule has 0 amide bonds. The normalized spacial score (nSPS) is 15.3. The van der Waals surface area contributed by atoms with E-state index in [9.17, 15) is 36.6 Å². The van der Waals surface area contributed by atoms with Crippen LogP contribution in [0, 0.1) is 23.0 Å². The van der Waals surface area contributed by atoms with Crippen LogP contribution in [-0.2, 0) is 33.6 Å². The number of carboxylic acid groups (broad SMARTS) is 1. The SMILES string of the molecule is CC(C)(CC1Cc2ccccc2C1)NC[C@@H](OC(=O)C(F)(F)F)c1cc(CC(C)(C)C(=O)O)cc(F)c1F. The molecule has 0 unspecified atom stereocenters. The molecule has 0 fully saturated rings. The molecule has 10 heteroatoms. The van der Waals surface area contributed by atoms with E-state index in [4.69, 9.17) is 0 Å². The Bertz CT molecular complexity index is 1170. The third-order valence-corrected chi connectivity index (χ3v) is 6.87. The predicted molar refractivity (Wildman–Crippen MR) is 130 cm³/mol. The summed E-state index contributed by atoms with van der Waals surface area (Å²) in [6.07, 6.45) is -5.07. The number of nitrogens with one attached hydrogen (secondary N) is 1. The summed E-state index contributed by atoms with van der Waals surface area (Å²) in [6.45, 7) is 6.00. The Morgan fingerprint density at radius 1 is 1.05 bits per heavy atom. The van der Waals surface area contributed by atoms with Crippen molar-refractivity contribution >= 4 is 11.9 Å². The maximum atomic E-state index is 14.9. The topological polar surface area (TPSA) is 75.6 Å². The second-order valence-corrected chi connectivity index (χ2v) is 11.3. The second-order valence-electron chi connectivity index (χ2n) is 11.3. The van der Waals surface area contributed by atoms with Gasteiger partial charge in [0.15, 0.2) is 11.6 Å². The van der Waals surface area contributed by atoms with Crippen LogP contribution < -0.4 is 5.32 Å². The molecule has 0 bridgehead atoms. The van der Waals surface area contributed by atoms with Gasteiger partial charge in [0.2, 0.25) is 0 Å². The van der Waals surface area contributed by atoms with Gasteiger partial charge in [-0.15, -0.1) is 0 Å². The van der Waals surface area contributed by atoms with Gasteiger partial charge in [-0.25, -0.2) is 13.6 Å². The molecule has 0 heterocycles. The lowest BCUT2D eigenvalue weighted by Gasteiger charge is -2.32. The van der Waals surface area contributed by atoms with Crippen molar-refractivity contribution in [3.63, 3.8) is 0 Å². The number of benzene rings is 2. The average Bonchev–Trinajstić information content (AvgIpc) is 3.19. The van der Waals surface area contributed by atoms with E-state index in [1.54, 1.807) is 0 Å². The maximum absolute atomic E-state index is 14.9. The van der Waals surface area contributed by atoms with Gasteiger partial charge in [-0.3, -0.25) is 4.79 Å². The molecule has 38 heavy (non-hydrogen) atoms. The van der Waals surface area contributed by atoms with Gasteiger partial charge >= 0.3 is 18.1 Å². The van der Waals surface area contributed by atoms with Crippen LogP contribution in [0.3, 0.4) is 0 Å². The number of carbonyl (C=O) groups excluding carboxylic acids is 1. The van der Waals surface area contributed by atoms with E-state index in [2.05, 4.69) is 22.2 Å². The third kappa shape index (κ3) is 7.30. The van der Waals surface area contributed by atoms with Gasteiger partial charge in [0.25, 0.3) is 0 Å². The molecule has 0 aliphatic heterocycles. The average molecular weight is 542 g/mol. The monoisotopic (exact) mass is 541 g/mol. The van der Waals surface area contributed by atoms with Crippen molar-refractivity contribution < 1.29 is 41.4 Å². The van der Waals surface area contributed by atoms with Crippen molar-refractivity contribution in [2.45, 2.75) is 71.2 Å². The second kappa shape index (κ2) is 11.0. The van der Waals surface area contributed by atoms with E-state index in [1.807, 2.05) is 26.0 Å². The number of aliphatic carboxylic acids is 1. The fourth-order valence-corrected chi connectivity index (χ4v) is 4.96. The summed E-state index contributed by atoms with van der Waals surface area (Å²) < 4.78 is 73.2. The molecule has 0 spiro atoms. The molecule has 5 nitrogen and oxygen atoms in total. The Balaban J connectivity index is 1.84. The molecular formula is C28H32F5NO4. The van der Waals surface area contributed by atoms with E-state index >= 15 is 0 Å². The molecule has 0 saturated heterocycles. The first-order chi connectivity index (χ1) is 17.5. The molecule has 208 valence electrons. The minimum Gasteiger partial charge on any atom is -0.481 e. The largest absolute Gasteiger partial charge is 0.490 e. The number of alkyl halides is 3. The molecule has 2 aromatic carbocycles. The Morgan fingerprint density at radius 2 is 1.63 bits per heavy atom. The van der Waals surface area contributed by atoms with Crippen LogP contribution in [0.25, 0.3) is 0 Å². The lowest BCUT2D eigenvalue weighted by Crippen LogP contribution is -2.44. The van der Waals surface area contributed by atoms with Gasteiger partial charge in [-0.05, 0) is 88.1 Å². The fraction of sp³-hybridized carbons (Fsp3) is 0.500. The van der Waals surface area contributed by atoms with Gasteiger partial charge in [0.05, 0.1) is 5.41 Å². The van der Waals surface area contributed by atoms with Crippen molar-refractivity contribution in [1.82, 2.24) is 5.32 Å². The van der Waals surface area contributed by atoms with Crippen molar-refractivity contribution in [2.75, 3.05) is 6.54 Å². The van der Waals surface area contributed by atoms with E-state index in [0.717, 1.165) is 25.0 Å². The van der Waals surface area contributed by atoms with Crippen molar-refractivity contribution in [3.05, 3.63) is 70.3 Å². The van der Waals surface area contributed by atoms with Crippen LogP contribution >= 0.6 is 0 Å². The number of rotatable bonds is 10. The number of hydrogen-bond acceptors (Lipinski definition) is 4. The molecule has 2 aromatic rings. The highest BCUT2D eigenvalue weighted by Gasteiger charge is 2.43. The zero-order chi connectivity index (χ0) is 28.5.